The van der Waals surface area contributed by atoms with Crippen LogP contribution in [0.4, 0.5) is 0 Å². The number of hydrogen-bond acceptors (Lipinski definition) is 3. The molecule has 2 rings (SSSR count). The number of carbonyl (C=O) groups is 1. The number of benzene rings is 1. The van der Waals surface area contributed by atoms with Gasteiger partial charge in [0, 0.05) is 9.13 Å². The lowest BCUT2D eigenvalue weighted by atomic mass is 10.0. The van der Waals surface area contributed by atoms with E-state index >= 15 is 0 Å². The molecule has 1 heterocycles. The third-order valence-electron chi connectivity index (χ3n) is 3.01. The van der Waals surface area contributed by atoms with E-state index in [0.29, 0.717) is 12.0 Å². The Morgan fingerprint density at radius 1 is 1.44 bits per heavy atom. The Bertz CT molecular complexity index is 585. The van der Waals surface area contributed by atoms with Crippen molar-refractivity contribution in [2.24, 2.45) is 0 Å². The molecule has 0 aliphatic carbocycles. The van der Waals surface area contributed by atoms with Crippen molar-refractivity contribution in [3.8, 4) is 0 Å². The van der Waals surface area contributed by atoms with Crippen LogP contribution in [0.1, 0.15) is 23.7 Å². The smallest absolute Gasteiger partial charge is 0.251 e. The maximum atomic E-state index is 12.1. The van der Waals surface area contributed by atoms with Crippen molar-refractivity contribution in [2.45, 2.75) is 18.9 Å². The lowest BCUT2D eigenvalue weighted by molar-refractivity contribution is 0.0915. The number of rotatable bonds is 2. The largest absolute Gasteiger partial charge is 0.346 e. The summed E-state index contributed by atoms with van der Waals surface area (Å²) in [6.45, 7) is 1.78. The first kappa shape index (κ1) is 13.8. The first-order valence-electron chi connectivity index (χ1n) is 5.58. The van der Waals surface area contributed by atoms with Gasteiger partial charge in [-0.15, -0.1) is 0 Å². The van der Waals surface area contributed by atoms with Crippen LogP contribution in [-0.4, -0.2) is 31.4 Å². The molecule has 4 nitrogen and oxygen atoms in total. The molecule has 0 spiro atoms. The fraction of sp³-hybridized carbons (Fsp3) is 0.417. The van der Waals surface area contributed by atoms with Crippen LogP contribution >= 0.6 is 22.6 Å². The number of hydrogen-bond donors (Lipinski definition) is 1. The van der Waals surface area contributed by atoms with Crippen LogP contribution in [0, 0.1) is 3.57 Å². The van der Waals surface area contributed by atoms with Gasteiger partial charge >= 0.3 is 0 Å². The lowest BCUT2D eigenvalue weighted by Gasteiger charge is -2.23. The van der Waals surface area contributed by atoms with Crippen molar-refractivity contribution in [1.29, 1.82) is 0 Å². The van der Waals surface area contributed by atoms with E-state index in [-0.39, 0.29) is 17.4 Å². The van der Waals surface area contributed by atoms with Crippen LogP contribution in [0.3, 0.4) is 0 Å². The topological polar surface area (TPSA) is 63.2 Å². The van der Waals surface area contributed by atoms with Crippen LogP contribution in [-0.2, 0) is 9.84 Å². The van der Waals surface area contributed by atoms with Gasteiger partial charge in [0.2, 0.25) is 0 Å². The van der Waals surface area contributed by atoms with Crippen molar-refractivity contribution >= 4 is 38.3 Å². The number of sulfone groups is 1. The molecule has 1 amide bonds. The highest BCUT2D eigenvalue weighted by molar-refractivity contribution is 14.1. The molecule has 1 fully saturated rings. The van der Waals surface area contributed by atoms with Crippen LogP contribution in [0.25, 0.3) is 0 Å². The SMILES string of the molecule is C[C@@]1(NC(=O)c2cccc(I)c2)CCS(=O)(=O)C1. The summed E-state index contributed by atoms with van der Waals surface area (Å²) in [5, 5.41) is 2.83. The Morgan fingerprint density at radius 3 is 2.72 bits per heavy atom. The summed E-state index contributed by atoms with van der Waals surface area (Å²) < 4.78 is 23.9. The average molecular weight is 379 g/mol. The van der Waals surface area contributed by atoms with Gasteiger partial charge in [-0.1, -0.05) is 6.07 Å². The molecule has 0 radical (unpaired) electrons. The van der Waals surface area contributed by atoms with Gasteiger partial charge in [-0.05, 0) is 54.1 Å². The molecule has 1 saturated heterocycles. The summed E-state index contributed by atoms with van der Waals surface area (Å²) in [5.41, 5.74) is -0.0792. The van der Waals surface area contributed by atoms with Gasteiger partial charge in [0.1, 0.15) is 0 Å². The number of halogens is 1. The second-order valence-electron chi connectivity index (χ2n) is 4.87. The average Bonchev–Trinajstić information content (AvgIpc) is 2.52. The fourth-order valence-electron chi connectivity index (χ4n) is 2.09. The zero-order chi connectivity index (χ0) is 13.4. The first-order valence-corrected chi connectivity index (χ1v) is 8.48. The minimum absolute atomic E-state index is 0.0235. The van der Waals surface area contributed by atoms with Crippen molar-refractivity contribution in [2.75, 3.05) is 11.5 Å². The number of carbonyl (C=O) groups excluding carboxylic acids is 1. The van der Waals surface area contributed by atoms with Crippen molar-refractivity contribution in [1.82, 2.24) is 5.32 Å². The Balaban J connectivity index is 2.13. The number of amides is 1. The molecule has 0 saturated carbocycles. The van der Waals surface area contributed by atoms with E-state index in [9.17, 15) is 13.2 Å². The van der Waals surface area contributed by atoms with Crippen molar-refractivity contribution in [3.05, 3.63) is 33.4 Å². The van der Waals surface area contributed by atoms with E-state index in [1.807, 2.05) is 12.1 Å². The summed E-state index contributed by atoms with van der Waals surface area (Å²) in [7, 11) is -3.01. The van der Waals surface area contributed by atoms with Gasteiger partial charge in [0.15, 0.2) is 9.84 Å². The summed E-state index contributed by atoms with van der Waals surface area (Å²) in [6.07, 6.45) is 0.477. The van der Waals surface area contributed by atoms with E-state index in [1.54, 1.807) is 19.1 Å². The van der Waals surface area contributed by atoms with Gasteiger partial charge in [-0.3, -0.25) is 4.79 Å². The van der Waals surface area contributed by atoms with E-state index in [0.717, 1.165) is 3.57 Å². The van der Waals surface area contributed by atoms with E-state index in [2.05, 4.69) is 27.9 Å². The van der Waals surface area contributed by atoms with Gasteiger partial charge in [-0.2, -0.15) is 0 Å². The molecule has 18 heavy (non-hydrogen) atoms. The standard InChI is InChI=1S/C12H14INO3S/c1-12(5-6-18(16,17)8-12)14-11(15)9-3-2-4-10(13)7-9/h2-4,7H,5-6,8H2,1H3,(H,14,15)/t12-/m1/s1. The van der Waals surface area contributed by atoms with E-state index in [4.69, 9.17) is 0 Å². The summed E-state index contributed by atoms with van der Waals surface area (Å²) in [5.74, 6) is -0.0423. The normalized spacial score (nSPS) is 25.9. The zero-order valence-electron chi connectivity index (χ0n) is 9.94. The minimum Gasteiger partial charge on any atom is -0.346 e. The Kier molecular flexibility index (Phi) is 3.68. The lowest BCUT2D eigenvalue weighted by Crippen LogP contribution is -2.46. The van der Waals surface area contributed by atoms with Gasteiger partial charge in [0.25, 0.3) is 5.91 Å². The molecule has 0 aromatic heterocycles. The van der Waals surface area contributed by atoms with Gasteiger partial charge < -0.3 is 5.32 Å². The van der Waals surface area contributed by atoms with Crippen LogP contribution in [0.5, 0.6) is 0 Å². The number of nitrogens with one attached hydrogen (secondary N) is 1. The molecule has 0 unspecified atom stereocenters. The molecule has 1 aliphatic heterocycles. The third-order valence-corrected chi connectivity index (χ3v) is 5.58. The van der Waals surface area contributed by atoms with Crippen LogP contribution in [0.15, 0.2) is 24.3 Å². The van der Waals surface area contributed by atoms with Crippen LogP contribution in [0.2, 0.25) is 0 Å². The molecule has 98 valence electrons. The van der Waals surface area contributed by atoms with Gasteiger partial charge in [0.05, 0.1) is 17.0 Å². The predicted molar refractivity (Wildman–Crippen MR) is 78.3 cm³/mol. The summed E-state index contributed by atoms with van der Waals surface area (Å²) in [4.78, 5) is 12.1. The summed E-state index contributed by atoms with van der Waals surface area (Å²) in [6, 6.07) is 7.22. The Hall–Kier alpha value is -0.630. The Morgan fingerprint density at radius 2 is 2.17 bits per heavy atom. The van der Waals surface area contributed by atoms with E-state index in [1.165, 1.54) is 0 Å². The predicted octanol–water partition coefficient (Wildman–Crippen LogP) is 1.60. The minimum atomic E-state index is -3.01. The Labute approximate surface area is 120 Å². The molecule has 1 atom stereocenters. The third kappa shape index (κ3) is 3.23. The van der Waals surface area contributed by atoms with Crippen molar-refractivity contribution < 1.29 is 13.2 Å². The monoisotopic (exact) mass is 379 g/mol. The molecule has 0 bridgehead atoms. The molecule has 1 aliphatic rings. The molecule has 1 aromatic rings. The van der Waals surface area contributed by atoms with Crippen LogP contribution < -0.4 is 5.32 Å². The fourth-order valence-corrected chi connectivity index (χ4v) is 4.72. The molecule has 1 aromatic carbocycles. The first-order chi connectivity index (χ1) is 8.30. The highest BCUT2D eigenvalue weighted by atomic mass is 127. The molecular weight excluding hydrogens is 365 g/mol. The highest BCUT2D eigenvalue weighted by Gasteiger charge is 2.39. The second kappa shape index (κ2) is 4.80. The van der Waals surface area contributed by atoms with Gasteiger partial charge in [-0.25, -0.2) is 8.42 Å². The summed E-state index contributed by atoms with van der Waals surface area (Å²) >= 11 is 2.14. The maximum absolute atomic E-state index is 12.1. The van der Waals surface area contributed by atoms with Crippen molar-refractivity contribution in [3.63, 3.8) is 0 Å². The van der Waals surface area contributed by atoms with E-state index < -0.39 is 15.4 Å². The quantitative estimate of drug-likeness (QED) is 0.795. The molecular formula is C12H14INO3S. The zero-order valence-corrected chi connectivity index (χ0v) is 12.9. The molecule has 6 heteroatoms. The highest BCUT2D eigenvalue weighted by Crippen LogP contribution is 2.23. The second-order valence-corrected chi connectivity index (χ2v) is 8.30. The molecule has 1 N–H and O–H groups in total. The maximum Gasteiger partial charge on any atom is 0.251 e.